The number of amides is 1. The zero-order chi connectivity index (χ0) is 11.7. The van der Waals surface area contributed by atoms with E-state index in [1.165, 1.54) is 0 Å². The van der Waals surface area contributed by atoms with E-state index in [9.17, 15) is 9.59 Å². The van der Waals surface area contributed by atoms with Gasteiger partial charge in [-0.15, -0.1) is 0 Å². The lowest BCUT2D eigenvalue weighted by Gasteiger charge is -2.10. The fourth-order valence-corrected chi connectivity index (χ4v) is 0.962. The second kappa shape index (κ2) is 8.23. The molecule has 2 N–H and O–H groups in total. The zero-order valence-electron chi connectivity index (χ0n) is 9.63. The molecular formula is C10H20N2O3. The van der Waals surface area contributed by atoms with Crippen LogP contribution in [0.3, 0.4) is 0 Å². The van der Waals surface area contributed by atoms with Gasteiger partial charge in [0, 0.05) is 13.0 Å². The molecule has 0 spiro atoms. The molecule has 0 fully saturated rings. The summed E-state index contributed by atoms with van der Waals surface area (Å²) in [6.45, 7) is 4.46. The summed E-state index contributed by atoms with van der Waals surface area (Å²) in [4.78, 5) is 22.2. The van der Waals surface area contributed by atoms with Gasteiger partial charge in [-0.1, -0.05) is 0 Å². The number of esters is 1. The van der Waals surface area contributed by atoms with Crippen LogP contribution in [0.1, 0.15) is 26.7 Å². The molecule has 0 aromatic carbocycles. The number of hydrogen-bond acceptors (Lipinski definition) is 4. The van der Waals surface area contributed by atoms with Crippen LogP contribution < -0.4 is 10.6 Å². The average Bonchev–Trinajstić information content (AvgIpc) is 2.23. The maximum Gasteiger partial charge on any atom is 0.305 e. The van der Waals surface area contributed by atoms with Crippen molar-refractivity contribution in [1.82, 2.24) is 10.6 Å². The van der Waals surface area contributed by atoms with E-state index in [-0.39, 0.29) is 17.9 Å². The Morgan fingerprint density at radius 3 is 2.60 bits per heavy atom. The van der Waals surface area contributed by atoms with Gasteiger partial charge in [0.2, 0.25) is 5.91 Å². The van der Waals surface area contributed by atoms with Gasteiger partial charge < -0.3 is 15.4 Å². The first-order chi connectivity index (χ1) is 7.11. The van der Waals surface area contributed by atoms with E-state index >= 15 is 0 Å². The van der Waals surface area contributed by atoms with Crippen LogP contribution in [0.25, 0.3) is 0 Å². The molecule has 1 atom stereocenters. The van der Waals surface area contributed by atoms with Gasteiger partial charge in [0.15, 0.2) is 0 Å². The molecule has 0 radical (unpaired) electrons. The van der Waals surface area contributed by atoms with Crippen molar-refractivity contribution in [3.8, 4) is 0 Å². The van der Waals surface area contributed by atoms with Crippen LogP contribution in [0.5, 0.6) is 0 Å². The van der Waals surface area contributed by atoms with Crippen molar-refractivity contribution >= 4 is 11.9 Å². The molecule has 1 unspecified atom stereocenters. The Morgan fingerprint density at radius 1 is 1.40 bits per heavy atom. The van der Waals surface area contributed by atoms with Crippen molar-refractivity contribution in [1.29, 1.82) is 0 Å². The largest absolute Gasteiger partial charge is 0.466 e. The summed E-state index contributed by atoms with van der Waals surface area (Å²) < 4.78 is 4.75. The third-order valence-electron chi connectivity index (χ3n) is 1.99. The van der Waals surface area contributed by atoms with Crippen LogP contribution in [-0.2, 0) is 14.3 Å². The molecule has 0 heterocycles. The lowest BCUT2D eigenvalue weighted by Crippen LogP contribution is -2.40. The highest BCUT2D eigenvalue weighted by molar-refractivity contribution is 5.81. The number of hydrogen-bond donors (Lipinski definition) is 2. The summed E-state index contributed by atoms with van der Waals surface area (Å²) >= 11 is 0. The second-order valence-corrected chi connectivity index (χ2v) is 3.21. The lowest BCUT2D eigenvalue weighted by atomic mass is 10.3. The van der Waals surface area contributed by atoms with Crippen molar-refractivity contribution in [3.63, 3.8) is 0 Å². The third-order valence-corrected chi connectivity index (χ3v) is 1.99. The van der Waals surface area contributed by atoms with E-state index in [1.807, 2.05) is 0 Å². The number of carbonyl (C=O) groups excluding carboxylic acids is 2. The monoisotopic (exact) mass is 216 g/mol. The fourth-order valence-electron chi connectivity index (χ4n) is 0.962. The Bertz CT molecular complexity index is 207. The molecule has 0 saturated heterocycles. The van der Waals surface area contributed by atoms with Crippen molar-refractivity contribution in [2.75, 3.05) is 20.2 Å². The first kappa shape index (κ1) is 13.9. The predicted molar refractivity (Wildman–Crippen MR) is 57.4 cm³/mol. The van der Waals surface area contributed by atoms with Gasteiger partial charge in [0.25, 0.3) is 0 Å². The van der Waals surface area contributed by atoms with Gasteiger partial charge in [0.1, 0.15) is 0 Å². The van der Waals surface area contributed by atoms with E-state index < -0.39 is 0 Å². The first-order valence-corrected chi connectivity index (χ1v) is 5.22. The second-order valence-electron chi connectivity index (χ2n) is 3.21. The summed E-state index contributed by atoms with van der Waals surface area (Å²) in [6, 6.07) is -0.201. The number of carbonyl (C=O) groups is 2. The van der Waals surface area contributed by atoms with E-state index in [4.69, 9.17) is 4.74 Å². The molecule has 0 aliphatic rings. The molecule has 0 saturated carbocycles. The topological polar surface area (TPSA) is 67.4 Å². The Labute approximate surface area is 90.6 Å². The Morgan fingerprint density at radius 2 is 2.07 bits per heavy atom. The zero-order valence-corrected chi connectivity index (χ0v) is 9.63. The van der Waals surface area contributed by atoms with Crippen molar-refractivity contribution in [2.24, 2.45) is 0 Å². The smallest absolute Gasteiger partial charge is 0.305 e. The first-order valence-electron chi connectivity index (χ1n) is 5.22. The summed E-state index contributed by atoms with van der Waals surface area (Å²) in [5.74, 6) is -0.269. The number of rotatable bonds is 7. The van der Waals surface area contributed by atoms with Crippen LogP contribution in [0.2, 0.25) is 0 Å². The normalized spacial score (nSPS) is 11.9. The van der Waals surface area contributed by atoms with Gasteiger partial charge in [0.05, 0.1) is 12.6 Å². The summed E-state index contributed by atoms with van der Waals surface area (Å²) in [6.07, 6.45) is 0.961. The predicted octanol–water partition coefficient (Wildman–Crippen LogP) is 0.0538. The Balaban J connectivity index is 3.46. The van der Waals surface area contributed by atoms with Gasteiger partial charge in [-0.3, -0.25) is 9.59 Å². The van der Waals surface area contributed by atoms with E-state index in [1.54, 1.807) is 20.9 Å². The van der Waals surface area contributed by atoms with E-state index in [0.717, 1.165) is 0 Å². The number of ether oxygens (including phenoxy) is 1. The molecule has 0 aliphatic heterocycles. The van der Waals surface area contributed by atoms with Crippen molar-refractivity contribution in [2.45, 2.75) is 32.7 Å². The highest BCUT2D eigenvalue weighted by Crippen LogP contribution is 1.91. The Hall–Kier alpha value is -1.10. The highest BCUT2D eigenvalue weighted by Gasteiger charge is 2.09. The van der Waals surface area contributed by atoms with Crippen LogP contribution in [-0.4, -0.2) is 38.1 Å². The van der Waals surface area contributed by atoms with E-state index in [0.29, 0.717) is 26.0 Å². The average molecular weight is 216 g/mol. The Kier molecular flexibility index (Phi) is 7.62. The van der Waals surface area contributed by atoms with E-state index in [2.05, 4.69) is 10.6 Å². The molecule has 5 nitrogen and oxygen atoms in total. The number of nitrogens with one attached hydrogen (secondary N) is 2. The summed E-state index contributed by atoms with van der Waals surface area (Å²) in [5, 5.41) is 5.55. The van der Waals surface area contributed by atoms with Gasteiger partial charge in [-0.2, -0.15) is 0 Å². The molecule has 0 aromatic rings. The van der Waals surface area contributed by atoms with Crippen LogP contribution in [0.4, 0.5) is 0 Å². The summed E-state index contributed by atoms with van der Waals surface area (Å²) in [5.41, 5.74) is 0. The minimum Gasteiger partial charge on any atom is -0.466 e. The SMILES string of the molecule is CCOC(=O)CCCNC(=O)C(C)NC. The molecular weight excluding hydrogens is 196 g/mol. The van der Waals surface area contributed by atoms with Gasteiger partial charge in [-0.05, 0) is 27.3 Å². The minimum atomic E-state index is -0.214. The van der Waals surface area contributed by atoms with Crippen LogP contribution in [0, 0.1) is 0 Å². The van der Waals surface area contributed by atoms with Crippen molar-refractivity contribution in [3.05, 3.63) is 0 Å². The molecule has 15 heavy (non-hydrogen) atoms. The molecule has 1 amide bonds. The molecule has 0 bridgehead atoms. The molecule has 5 heteroatoms. The van der Waals surface area contributed by atoms with Crippen LogP contribution >= 0.6 is 0 Å². The summed E-state index contributed by atoms with van der Waals surface area (Å²) in [7, 11) is 1.73. The maximum atomic E-state index is 11.3. The van der Waals surface area contributed by atoms with Gasteiger partial charge in [-0.25, -0.2) is 0 Å². The highest BCUT2D eigenvalue weighted by atomic mass is 16.5. The lowest BCUT2D eigenvalue weighted by molar-refractivity contribution is -0.143. The standard InChI is InChI=1S/C10H20N2O3/c1-4-15-9(13)6-5-7-12-10(14)8(2)11-3/h8,11H,4-7H2,1-3H3,(H,12,14). The molecule has 0 aliphatic carbocycles. The number of likely N-dealkylation sites (N-methyl/N-ethyl adjacent to an activating group) is 1. The van der Waals surface area contributed by atoms with Crippen molar-refractivity contribution < 1.29 is 14.3 Å². The third kappa shape index (κ3) is 6.90. The minimum absolute atomic E-state index is 0.0543. The molecule has 0 aromatic heterocycles. The quantitative estimate of drug-likeness (QED) is 0.466. The van der Waals surface area contributed by atoms with Crippen LogP contribution in [0.15, 0.2) is 0 Å². The fraction of sp³-hybridized carbons (Fsp3) is 0.800. The maximum absolute atomic E-state index is 11.3. The van der Waals surface area contributed by atoms with Gasteiger partial charge >= 0.3 is 5.97 Å². The molecule has 0 rings (SSSR count). The molecule has 88 valence electrons.